The van der Waals surface area contributed by atoms with Gasteiger partial charge in [-0.1, -0.05) is 63.2 Å². The van der Waals surface area contributed by atoms with E-state index in [1.165, 1.54) is 6.92 Å². The first kappa shape index (κ1) is 32.5. The maximum absolute atomic E-state index is 15.7. The highest BCUT2D eigenvalue weighted by Gasteiger charge is 2.57. The molecule has 0 aliphatic carbocycles. The molecule has 43 heavy (non-hydrogen) atoms. The number of aliphatic hydroxyl groups excluding tert-OH is 1. The lowest BCUT2D eigenvalue weighted by Gasteiger charge is -2.32. The lowest BCUT2D eigenvalue weighted by atomic mass is 9.97. The number of ether oxygens (including phenoxy) is 2. The zero-order valence-electron chi connectivity index (χ0n) is 24.4. The number of rotatable bonds is 11. The Hall–Kier alpha value is -3.41. The summed E-state index contributed by atoms with van der Waals surface area (Å²) in [6.45, 7) is 9.97. The second-order valence-electron chi connectivity index (χ2n) is 11.7. The van der Waals surface area contributed by atoms with Crippen LogP contribution in [0.4, 0.5) is 4.39 Å². The van der Waals surface area contributed by atoms with E-state index in [-0.39, 0.29) is 17.8 Å². The van der Waals surface area contributed by atoms with Crippen LogP contribution in [0.1, 0.15) is 34.1 Å². The third-order valence-electron chi connectivity index (χ3n) is 6.83. The summed E-state index contributed by atoms with van der Waals surface area (Å²) < 4.78 is 52.7. The van der Waals surface area contributed by atoms with Crippen LogP contribution in [0.25, 0.3) is 10.8 Å². The highest BCUT2D eigenvalue weighted by atomic mass is 31.2. The molecular formula is C30H36FN2O9P. The Labute approximate surface area is 249 Å². The van der Waals surface area contributed by atoms with Crippen molar-refractivity contribution in [3.05, 3.63) is 67.4 Å². The Kier molecular flexibility index (Phi) is 9.58. The molecule has 2 heterocycles. The summed E-state index contributed by atoms with van der Waals surface area (Å²) in [5.41, 5.74) is -2.41. The number of halogens is 1. The quantitative estimate of drug-likeness (QED) is 0.163. The molecule has 11 nitrogen and oxygen atoms in total. The zero-order chi connectivity index (χ0) is 31.6. The maximum Gasteiger partial charge on any atom is 0.459 e. The molecule has 0 aromatic heterocycles. The van der Waals surface area contributed by atoms with Crippen molar-refractivity contribution in [2.24, 2.45) is 5.41 Å². The van der Waals surface area contributed by atoms with Crippen LogP contribution >= 0.6 is 7.75 Å². The number of benzene rings is 2. The number of carbonyl (C=O) groups excluding carboxylic acids is 3. The van der Waals surface area contributed by atoms with E-state index in [2.05, 4.69) is 11.7 Å². The summed E-state index contributed by atoms with van der Waals surface area (Å²) in [6.07, 6.45) is -2.78. The van der Waals surface area contributed by atoms with Crippen molar-refractivity contribution >= 4 is 36.2 Å². The number of nitrogens with one attached hydrogen (secondary N) is 1. The van der Waals surface area contributed by atoms with Gasteiger partial charge >= 0.3 is 13.7 Å². The average molecular weight is 619 g/mol. The van der Waals surface area contributed by atoms with Gasteiger partial charge in [0.15, 0.2) is 18.2 Å². The van der Waals surface area contributed by atoms with Crippen molar-refractivity contribution in [2.75, 3.05) is 13.2 Å². The Morgan fingerprint density at radius 1 is 1.28 bits per heavy atom. The van der Waals surface area contributed by atoms with Gasteiger partial charge in [0.2, 0.25) is 5.91 Å². The summed E-state index contributed by atoms with van der Waals surface area (Å²) in [4.78, 5) is 37.7. The summed E-state index contributed by atoms with van der Waals surface area (Å²) in [7, 11) is -4.51. The van der Waals surface area contributed by atoms with Gasteiger partial charge in [-0.25, -0.2) is 8.96 Å². The third kappa shape index (κ3) is 7.39. The van der Waals surface area contributed by atoms with Crippen LogP contribution in [0.5, 0.6) is 5.75 Å². The number of amides is 1. The van der Waals surface area contributed by atoms with Gasteiger partial charge in [0.05, 0.1) is 19.6 Å². The van der Waals surface area contributed by atoms with Crippen molar-refractivity contribution < 1.29 is 47.0 Å². The van der Waals surface area contributed by atoms with Gasteiger partial charge in [-0.3, -0.25) is 23.8 Å². The Morgan fingerprint density at radius 3 is 2.65 bits per heavy atom. The third-order valence-corrected chi connectivity index (χ3v) is 8.44. The van der Waals surface area contributed by atoms with E-state index in [9.17, 15) is 24.1 Å². The van der Waals surface area contributed by atoms with E-state index in [0.29, 0.717) is 5.39 Å². The van der Waals surface area contributed by atoms with E-state index >= 15 is 4.39 Å². The summed E-state index contributed by atoms with van der Waals surface area (Å²) in [6, 6.07) is 11.0. The van der Waals surface area contributed by atoms with Gasteiger partial charge in [-0.15, -0.1) is 6.58 Å². The minimum Gasteiger partial charge on any atom is -0.464 e. The lowest BCUT2D eigenvalue weighted by Crippen LogP contribution is -2.45. The zero-order valence-corrected chi connectivity index (χ0v) is 25.3. The fourth-order valence-corrected chi connectivity index (χ4v) is 6.05. The molecular weight excluding hydrogens is 582 g/mol. The topological polar surface area (TPSA) is 141 Å². The SMILES string of the molecule is C=C[C@]1(COP(=O)(N[C@@H](C)C(=O)OCC(C)(C)C)Oc2cccc3ccccc23)O[C@@H](N2C=CC(=O)CC2=O)[C@H](O)[C@@H]1F. The number of allylic oxidation sites excluding steroid dienone is 1. The predicted molar refractivity (Wildman–Crippen MR) is 155 cm³/mol. The summed E-state index contributed by atoms with van der Waals surface area (Å²) in [5, 5.41) is 14.6. The molecule has 2 aromatic carbocycles. The summed E-state index contributed by atoms with van der Waals surface area (Å²) >= 11 is 0. The van der Waals surface area contributed by atoms with E-state index in [1.807, 2.05) is 39.0 Å². The molecule has 1 unspecified atom stereocenters. The number of carbonyl (C=O) groups is 3. The Balaban J connectivity index is 1.61. The molecule has 2 aliphatic heterocycles. The van der Waals surface area contributed by atoms with Crippen LogP contribution in [0.2, 0.25) is 0 Å². The van der Waals surface area contributed by atoms with Crippen LogP contribution in [0.15, 0.2) is 67.4 Å². The molecule has 232 valence electrons. The van der Waals surface area contributed by atoms with Crippen molar-refractivity contribution in [3.63, 3.8) is 0 Å². The molecule has 0 radical (unpaired) electrons. The highest BCUT2D eigenvalue weighted by Crippen LogP contribution is 2.49. The molecule has 2 N–H and O–H groups in total. The monoisotopic (exact) mass is 618 g/mol. The molecule has 0 bridgehead atoms. The van der Waals surface area contributed by atoms with E-state index in [0.717, 1.165) is 28.6 Å². The van der Waals surface area contributed by atoms with Crippen molar-refractivity contribution in [2.45, 2.75) is 64.3 Å². The van der Waals surface area contributed by atoms with Gasteiger partial charge < -0.3 is 19.1 Å². The van der Waals surface area contributed by atoms with E-state index < -0.39 is 68.6 Å². The molecule has 13 heteroatoms. The Bertz CT molecular complexity index is 1470. The first-order valence-electron chi connectivity index (χ1n) is 13.7. The maximum atomic E-state index is 15.7. The Morgan fingerprint density at radius 2 is 1.98 bits per heavy atom. The number of aliphatic hydroxyl groups is 1. The number of ketones is 1. The standard InChI is InChI=1S/C30H36FN2O9P/c1-6-30(26(31)25(36)27(41-30)33-15-14-21(34)16-24(33)35)18-40-43(38,32-19(2)28(37)39-17-29(3,4)5)42-23-13-9-11-20-10-7-8-12-22(20)23/h6-15,19,25-27,36H,1,16-18H2,2-5H3,(H,32,38)/t19-,25+,26-,27+,30+,43?/m0/s1. The number of nitrogens with zero attached hydrogens (tertiary/aromatic N) is 1. The second kappa shape index (κ2) is 12.7. The number of fused-ring (bicyclic) bond motifs is 1. The number of hydrogen-bond acceptors (Lipinski definition) is 9. The van der Waals surface area contributed by atoms with Crippen LogP contribution < -0.4 is 9.61 Å². The molecule has 1 fully saturated rings. The van der Waals surface area contributed by atoms with Crippen molar-refractivity contribution in [3.8, 4) is 5.75 Å². The first-order chi connectivity index (χ1) is 20.2. The van der Waals surface area contributed by atoms with Gasteiger partial charge in [0.25, 0.3) is 0 Å². The fraction of sp³-hybridized carbons (Fsp3) is 0.433. The molecule has 2 aliphatic rings. The second-order valence-corrected chi connectivity index (χ2v) is 13.4. The van der Waals surface area contributed by atoms with Crippen LogP contribution in [0.3, 0.4) is 0 Å². The van der Waals surface area contributed by atoms with Gasteiger partial charge in [0.1, 0.15) is 23.5 Å². The lowest BCUT2D eigenvalue weighted by molar-refractivity contribution is -0.153. The molecule has 6 atom stereocenters. The van der Waals surface area contributed by atoms with Gasteiger partial charge in [-0.2, -0.15) is 5.09 Å². The first-order valence-corrected chi connectivity index (χ1v) is 15.2. The molecule has 1 amide bonds. The number of esters is 1. The fourth-order valence-electron chi connectivity index (χ4n) is 4.50. The smallest absolute Gasteiger partial charge is 0.459 e. The van der Waals surface area contributed by atoms with Gasteiger partial charge in [-0.05, 0) is 29.9 Å². The molecule has 1 saturated heterocycles. The number of alkyl halides is 1. The van der Waals surface area contributed by atoms with E-state index in [4.69, 9.17) is 18.5 Å². The molecule has 4 rings (SSSR count). The molecule has 2 aromatic rings. The van der Waals surface area contributed by atoms with Crippen LogP contribution in [-0.4, -0.2) is 71.0 Å². The molecule has 0 spiro atoms. The molecule has 0 saturated carbocycles. The minimum absolute atomic E-state index is 0.0959. The highest BCUT2D eigenvalue weighted by molar-refractivity contribution is 7.52. The normalized spacial score (nSPS) is 26.3. The van der Waals surface area contributed by atoms with Crippen molar-refractivity contribution in [1.29, 1.82) is 0 Å². The number of hydrogen-bond donors (Lipinski definition) is 2. The van der Waals surface area contributed by atoms with Crippen LogP contribution in [0, 0.1) is 5.41 Å². The van der Waals surface area contributed by atoms with Crippen molar-refractivity contribution in [1.82, 2.24) is 9.99 Å². The van der Waals surface area contributed by atoms with Gasteiger partial charge in [0, 0.05) is 11.6 Å². The van der Waals surface area contributed by atoms with Crippen LogP contribution in [-0.2, 0) is 32.9 Å². The van der Waals surface area contributed by atoms with E-state index in [1.54, 1.807) is 24.3 Å². The minimum atomic E-state index is -4.51. The average Bonchev–Trinajstić information content (AvgIpc) is 3.20. The summed E-state index contributed by atoms with van der Waals surface area (Å²) in [5.74, 6) is -1.71. The predicted octanol–water partition coefficient (Wildman–Crippen LogP) is 4.21. The largest absolute Gasteiger partial charge is 0.464 e.